The van der Waals surface area contributed by atoms with Gasteiger partial charge in [-0.15, -0.1) is 0 Å². The fourth-order valence-electron chi connectivity index (χ4n) is 2.26. The van der Waals surface area contributed by atoms with E-state index in [1.807, 2.05) is 5.32 Å². The maximum atomic E-state index is 13.3. The second-order valence-electron chi connectivity index (χ2n) is 5.37. The van der Waals surface area contributed by atoms with Gasteiger partial charge < -0.3 is 15.4 Å². The highest BCUT2D eigenvalue weighted by molar-refractivity contribution is 6.31. The van der Waals surface area contributed by atoms with E-state index in [0.29, 0.717) is 11.3 Å². The van der Waals surface area contributed by atoms with Gasteiger partial charge in [-0.1, -0.05) is 11.6 Å². The van der Waals surface area contributed by atoms with E-state index in [1.165, 1.54) is 30.3 Å². The van der Waals surface area contributed by atoms with Gasteiger partial charge in [0.2, 0.25) is 5.95 Å². The lowest BCUT2D eigenvalue weighted by Gasteiger charge is -2.07. The number of rotatable bonds is 5. The summed E-state index contributed by atoms with van der Waals surface area (Å²) in [7, 11) is 0. The number of carboxylic acid groups (broad SMARTS) is 1. The average Bonchev–Trinajstić information content (AvgIpc) is 3.13. The van der Waals surface area contributed by atoms with Gasteiger partial charge in [-0.2, -0.15) is 9.97 Å². The van der Waals surface area contributed by atoms with Crippen LogP contribution in [0.5, 0.6) is 0 Å². The third-order valence-corrected chi connectivity index (χ3v) is 3.75. The molecule has 2 aromatic heterocycles. The lowest BCUT2D eigenvalue weighted by Crippen LogP contribution is -2.16. The molecular formula is C16H12ClFN6O4. The first kappa shape index (κ1) is 19.1. The molecule has 28 heavy (non-hydrogen) atoms. The van der Waals surface area contributed by atoms with Crippen molar-refractivity contribution >= 4 is 41.2 Å². The smallest absolute Gasteiger partial charge is 0.411 e. The number of H-pyrrole nitrogens is 1. The molecule has 0 aliphatic carbocycles. The van der Waals surface area contributed by atoms with Gasteiger partial charge in [0.05, 0.1) is 5.02 Å². The predicted octanol–water partition coefficient (Wildman–Crippen LogP) is 3.41. The summed E-state index contributed by atoms with van der Waals surface area (Å²) in [5, 5.41) is 22.0. The summed E-state index contributed by atoms with van der Waals surface area (Å²) in [6.07, 6.45) is -1.42. The maximum absolute atomic E-state index is 13.3. The van der Waals surface area contributed by atoms with Crippen LogP contribution in [0.4, 0.5) is 26.8 Å². The molecule has 144 valence electrons. The Morgan fingerprint density at radius 1 is 1.07 bits per heavy atom. The van der Waals surface area contributed by atoms with Crippen LogP contribution in [-0.2, 0) is 0 Å². The third-order valence-electron chi connectivity index (χ3n) is 3.46. The van der Waals surface area contributed by atoms with Crippen LogP contribution in [0.25, 0.3) is 11.3 Å². The average molecular weight is 407 g/mol. The SMILES string of the molecule is O=C(O)Nc1nc(NO)cc(NC(=O)c2ccc(-c3ccc(F)c(Cl)c3)[nH]2)n1. The number of anilines is 3. The van der Waals surface area contributed by atoms with Crippen LogP contribution in [-0.4, -0.2) is 37.3 Å². The standard InChI is InChI=1S/C16H12ClFN6O4/c17-8-5-7(1-2-9(8)18)10-3-4-11(19-10)14(25)20-12-6-13(24-28)22-15(21-12)23-16(26)27/h1-6,19,28H,(H,26,27)(H3,20,21,22,23,24,25). The van der Waals surface area contributed by atoms with Gasteiger partial charge in [0.1, 0.15) is 17.3 Å². The second kappa shape index (κ2) is 7.90. The highest BCUT2D eigenvalue weighted by Gasteiger charge is 2.14. The fraction of sp³-hybridized carbons (Fsp3) is 0. The molecule has 0 saturated carbocycles. The van der Waals surface area contributed by atoms with Crippen molar-refractivity contribution < 1.29 is 24.3 Å². The number of hydrogen-bond acceptors (Lipinski definition) is 6. The molecule has 0 spiro atoms. The van der Waals surface area contributed by atoms with Crippen LogP contribution in [0, 0.1) is 5.82 Å². The number of aromatic amines is 1. The third kappa shape index (κ3) is 4.34. The number of nitrogens with one attached hydrogen (secondary N) is 4. The number of carbonyl (C=O) groups excluding carboxylic acids is 1. The monoisotopic (exact) mass is 406 g/mol. The van der Waals surface area contributed by atoms with Crippen molar-refractivity contribution in [1.29, 1.82) is 0 Å². The molecule has 0 aliphatic heterocycles. The molecule has 6 N–H and O–H groups in total. The first-order valence-electron chi connectivity index (χ1n) is 7.60. The van der Waals surface area contributed by atoms with Crippen LogP contribution in [0.1, 0.15) is 10.5 Å². The Labute approximate surface area is 161 Å². The predicted molar refractivity (Wildman–Crippen MR) is 98.2 cm³/mol. The molecule has 0 unspecified atom stereocenters. The summed E-state index contributed by atoms with van der Waals surface area (Å²) in [6, 6.07) is 8.41. The number of amides is 2. The number of hydrogen-bond donors (Lipinski definition) is 6. The fourth-order valence-corrected chi connectivity index (χ4v) is 2.44. The highest BCUT2D eigenvalue weighted by Crippen LogP contribution is 2.24. The Morgan fingerprint density at radius 3 is 2.50 bits per heavy atom. The Hall–Kier alpha value is -3.70. The first-order valence-corrected chi connectivity index (χ1v) is 7.98. The maximum Gasteiger partial charge on any atom is 0.411 e. The van der Waals surface area contributed by atoms with Crippen LogP contribution in [0.2, 0.25) is 5.02 Å². The lowest BCUT2D eigenvalue weighted by atomic mass is 10.1. The molecule has 0 aliphatic rings. The molecule has 1 aromatic carbocycles. The van der Waals surface area contributed by atoms with Gasteiger partial charge >= 0.3 is 6.09 Å². The molecule has 0 saturated heterocycles. The molecule has 3 rings (SSSR count). The Balaban J connectivity index is 1.81. The van der Waals surface area contributed by atoms with E-state index in [9.17, 15) is 14.0 Å². The minimum atomic E-state index is -1.42. The summed E-state index contributed by atoms with van der Waals surface area (Å²) in [6.45, 7) is 0. The van der Waals surface area contributed by atoms with Crippen LogP contribution in [0.3, 0.4) is 0 Å². The summed E-state index contributed by atoms with van der Waals surface area (Å²) in [5.41, 5.74) is 3.00. The Kier molecular flexibility index (Phi) is 5.38. The number of aromatic nitrogens is 3. The minimum Gasteiger partial charge on any atom is -0.465 e. The van der Waals surface area contributed by atoms with Gasteiger partial charge in [0.15, 0.2) is 5.82 Å². The van der Waals surface area contributed by atoms with Gasteiger partial charge in [-0.25, -0.2) is 9.18 Å². The number of carbonyl (C=O) groups is 2. The molecule has 0 fully saturated rings. The zero-order valence-electron chi connectivity index (χ0n) is 13.8. The summed E-state index contributed by atoms with van der Waals surface area (Å²) in [5.74, 6) is -1.71. The van der Waals surface area contributed by atoms with Crippen molar-refractivity contribution in [3.8, 4) is 11.3 Å². The normalized spacial score (nSPS) is 10.4. The van der Waals surface area contributed by atoms with E-state index in [1.54, 1.807) is 11.5 Å². The van der Waals surface area contributed by atoms with Crippen LogP contribution < -0.4 is 16.1 Å². The quantitative estimate of drug-likeness (QED) is 0.355. The minimum absolute atomic E-state index is 0.0541. The van der Waals surface area contributed by atoms with Crippen LogP contribution >= 0.6 is 11.6 Å². The Bertz CT molecular complexity index is 1060. The van der Waals surface area contributed by atoms with E-state index in [0.717, 1.165) is 0 Å². The van der Waals surface area contributed by atoms with Gasteiger partial charge in [0, 0.05) is 11.8 Å². The Morgan fingerprint density at radius 2 is 1.82 bits per heavy atom. The van der Waals surface area contributed by atoms with E-state index in [2.05, 4.69) is 20.3 Å². The molecular weight excluding hydrogens is 395 g/mol. The van der Waals surface area contributed by atoms with E-state index >= 15 is 0 Å². The van der Waals surface area contributed by atoms with Crippen molar-refractivity contribution in [1.82, 2.24) is 15.0 Å². The highest BCUT2D eigenvalue weighted by atomic mass is 35.5. The van der Waals surface area contributed by atoms with Gasteiger partial charge in [-0.3, -0.25) is 20.8 Å². The van der Waals surface area contributed by atoms with E-state index in [4.69, 9.17) is 21.9 Å². The van der Waals surface area contributed by atoms with Gasteiger partial charge in [-0.05, 0) is 35.9 Å². The van der Waals surface area contributed by atoms with Crippen molar-refractivity contribution in [3.63, 3.8) is 0 Å². The zero-order valence-corrected chi connectivity index (χ0v) is 14.6. The van der Waals surface area contributed by atoms with Crippen molar-refractivity contribution in [2.24, 2.45) is 0 Å². The first-order chi connectivity index (χ1) is 13.4. The number of halogens is 2. The van der Waals surface area contributed by atoms with Gasteiger partial charge in [0.25, 0.3) is 5.91 Å². The largest absolute Gasteiger partial charge is 0.465 e. The van der Waals surface area contributed by atoms with Crippen LogP contribution in [0.15, 0.2) is 36.4 Å². The summed E-state index contributed by atoms with van der Waals surface area (Å²) >= 11 is 5.76. The molecule has 3 aromatic rings. The molecule has 2 heterocycles. The van der Waals surface area contributed by atoms with Crippen molar-refractivity contribution in [3.05, 3.63) is 52.9 Å². The summed E-state index contributed by atoms with van der Waals surface area (Å²) in [4.78, 5) is 33.5. The van der Waals surface area contributed by atoms with Crippen molar-refractivity contribution in [2.45, 2.75) is 0 Å². The molecule has 0 atom stereocenters. The molecule has 0 radical (unpaired) electrons. The molecule has 10 nitrogen and oxygen atoms in total. The van der Waals surface area contributed by atoms with E-state index in [-0.39, 0.29) is 28.3 Å². The topological polar surface area (TPSA) is 152 Å². The molecule has 12 heteroatoms. The molecule has 2 amide bonds. The number of nitrogens with zero attached hydrogens (tertiary/aromatic N) is 2. The lowest BCUT2D eigenvalue weighted by molar-refractivity contribution is 0.102. The zero-order chi connectivity index (χ0) is 20.3. The molecule has 0 bridgehead atoms. The second-order valence-corrected chi connectivity index (χ2v) is 5.78. The van der Waals surface area contributed by atoms with E-state index < -0.39 is 17.8 Å². The number of benzene rings is 1. The summed E-state index contributed by atoms with van der Waals surface area (Å²) < 4.78 is 13.3. The van der Waals surface area contributed by atoms with Crippen molar-refractivity contribution in [2.75, 3.05) is 16.1 Å².